The molecule has 0 bridgehead atoms. The van der Waals surface area contributed by atoms with Crippen molar-refractivity contribution < 1.29 is 14.3 Å². The van der Waals surface area contributed by atoms with Crippen molar-refractivity contribution in [2.75, 3.05) is 19.5 Å². The average molecular weight is 423 g/mol. The van der Waals surface area contributed by atoms with Gasteiger partial charge in [-0.3, -0.25) is 0 Å². The summed E-state index contributed by atoms with van der Waals surface area (Å²) in [5.74, 6) is 1.63. The first-order valence-corrected chi connectivity index (χ1v) is 10.4. The summed E-state index contributed by atoms with van der Waals surface area (Å²) in [6.07, 6.45) is 0. The van der Waals surface area contributed by atoms with Crippen LogP contribution >= 0.6 is 11.8 Å². The summed E-state index contributed by atoms with van der Waals surface area (Å²) in [5.41, 5.74) is 3.23. The number of carbonyl (C=O) groups excluding carboxylic acids is 1. The van der Waals surface area contributed by atoms with E-state index in [1.54, 1.807) is 23.6 Å². The summed E-state index contributed by atoms with van der Waals surface area (Å²) < 4.78 is 12.2. The lowest BCUT2D eigenvalue weighted by Crippen LogP contribution is -2.29. The molecule has 1 aromatic heterocycles. The molecule has 8 heteroatoms. The maximum atomic E-state index is 12.6. The van der Waals surface area contributed by atoms with Crippen molar-refractivity contribution in [3.8, 4) is 5.75 Å². The second-order valence-corrected chi connectivity index (χ2v) is 7.71. The van der Waals surface area contributed by atoms with Crippen LogP contribution < -0.4 is 10.1 Å². The summed E-state index contributed by atoms with van der Waals surface area (Å²) in [4.78, 5) is 17.3. The molecule has 2 aromatic carbocycles. The highest BCUT2D eigenvalue weighted by Gasteiger charge is 2.35. The molecule has 3 aromatic rings. The van der Waals surface area contributed by atoms with Crippen LogP contribution in [0.3, 0.4) is 0 Å². The first-order chi connectivity index (χ1) is 14.6. The fourth-order valence-electron chi connectivity index (χ4n) is 3.41. The summed E-state index contributed by atoms with van der Waals surface area (Å²) in [5, 5.41) is 8.53. The second kappa shape index (κ2) is 8.62. The highest BCUT2D eigenvalue weighted by Crippen LogP contribution is 2.37. The largest absolute Gasteiger partial charge is 0.497 e. The molecule has 1 aliphatic rings. The molecular weight excluding hydrogens is 400 g/mol. The Labute approximate surface area is 179 Å². The lowest BCUT2D eigenvalue weighted by molar-refractivity contribution is -0.136. The van der Waals surface area contributed by atoms with Crippen molar-refractivity contribution in [2.45, 2.75) is 23.9 Å². The number of thioether (sulfide) groups is 1. The maximum absolute atomic E-state index is 12.6. The maximum Gasteiger partial charge on any atom is 0.338 e. The van der Waals surface area contributed by atoms with E-state index in [1.165, 1.54) is 12.7 Å². The van der Waals surface area contributed by atoms with Crippen molar-refractivity contribution in [2.24, 2.45) is 0 Å². The smallest absolute Gasteiger partial charge is 0.338 e. The highest BCUT2D eigenvalue weighted by atomic mass is 32.2. The Morgan fingerprint density at radius 2 is 1.97 bits per heavy atom. The minimum absolute atomic E-state index is 0.410. The molecule has 154 valence electrons. The molecule has 0 aliphatic carbocycles. The van der Waals surface area contributed by atoms with Crippen LogP contribution in [0.15, 0.2) is 71.0 Å². The van der Waals surface area contributed by atoms with E-state index in [-0.39, 0.29) is 0 Å². The Kier molecular flexibility index (Phi) is 5.76. The molecule has 30 heavy (non-hydrogen) atoms. The van der Waals surface area contributed by atoms with Crippen LogP contribution in [0.25, 0.3) is 0 Å². The van der Waals surface area contributed by atoms with E-state index in [1.807, 2.05) is 49.4 Å². The van der Waals surface area contributed by atoms with Gasteiger partial charge in [-0.05, 0) is 30.2 Å². The van der Waals surface area contributed by atoms with E-state index >= 15 is 0 Å². The van der Waals surface area contributed by atoms with Gasteiger partial charge in [0, 0.05) is 11.4 Å². The highest BCUT2D eigenvalue weighted by molar-refractivity contribution is 7.98. The number of hydrogen-bond donors (Lipinski definition) is 1. The number of hydrogen-bond acceptors (Lipinski definition) is 7. The van der Waals surface area contributed by atoms with Gasteiger partial charge in [0.25, 0.3) is 0 Å². The third kappa shape index (κ3) is 3.91. The summed E-state index contributed by atoms with van der Waals surface area (Å²) in [6, 6.07) is 17.3. The van der Waals surface area contributed by atoms with Crippen molar-refractivity contribution in [1.82, 2.24) is 14.8 Å². The molecule has 0 saturated heterocycles. The van der Waals surface area contributed by atoms with Gasteiger partial charge in [-0.15, -0.1) is 5.10 Å². The number of allylic oxidation sites excluding steroid dienone is 1. The molecular formula is C22H22N4O3S. The third-order valence-corrected chi connectivity index (χ3v) is 5.77. The Morgan fingerprint density at radius 3 is 2.70 bits per heavy atom. The number of rotatable bonds is 6. The summed E-state index contributed by atoms with van der Waals surface area (Å²) in [7, 11) is 2.99. The van der Waals surface area contributed by atoms with Gasteiger partial charge >= 0.3 is 5.97 Å². The minimum atomic E-state index is -0.470. The number of anilines is 1. The van der Waals surface area contributed by atoms with E-state index in [0.29, 0.717) is 28.1 Å². The van der Waals surface area contributed by atoms with Crippen LogP contribution in [0.5, 0.6) is 5.75 Å². The molecule has 7 nitrogen and oxygen atoms in total. The number of benzene rings is 2. The number of fused-ring (bicyclic) bond motifs is 1. The molecule has 2 heterocycles. The van der Waals surface area contributed by atoms with Crippen LogP contribution in [0.1, 0.15) is 24.1 Å². The Morgan fingerprint density at radius 1 is 1.17 bits per heavy atom. The third-order valence-electron chi connectivity index (χ3n) is 4.86. The Balaban J connectivity index is 1.72. The van der Waals surface area contributed by atoms with Crippen LogP contribution in [0.2, 0.25) is 0 Å². The normalized spacial score (nSPS) is 15.4. The fraction of sp³-hybridized carbons (Fsp3) is 0.227. The molecule has 0 spiro atoms. The van der Waals surface area contributed by atoms with Gasteiger partial charge in [0.2, 0.25) is 11.1 Å². The van der Waals surface area contributed by atoms with Crippen LogP contribution in [0, 0.1) is 0 Å². The van der Waals surface area contributed by atoms with Crippen molar-refractivity contribution in [3.63, 3.8) is 0 Å². The predicted molar refractivity (Wildman–Crippen MR) is 115 cm³/mol. The summed E-state index contributed by atoms with van der Waals surface area (Å²) in [6.45, 7) is 1.84. The topological polar surface area (TPSA) is 78.3 Å². The van der Waals surface area contributed by atoms with Gasteiger partial charge in [0.05, 0.1) is 19.8 Å². The van der Waals surface area contributed by atoms with Gasteiger partial charge in [0.1, 0.15) is 11.8 Å². The molecule has 0 amide bonds. The zero-order valence-corrected chi connectivity index (χ0v) is 17.8. The van der Waals surface area contributed by atoms with E-state index in [9.17, 15) is 4.79 Å². The first kappa shape index (κ1) is 20.0. The zero-order valence-electron chi connectivity index (χ0n) is 17.0. The molecule has 0 radical (unpaired) electrons. The molecule has 1 N–H and O–H groups in total. The molecule has 0 saturated carbocycles. The van der Waals surface area contributed by atoms with Crippen LogP contribution in [-0.2, 0) is 15.3 Å². The number of carbonyl (C=O) groups is 1. The number of esters is 1. The van der Waals surface area contributed by atoms with E-state index in [0.717, 1.165) is 11.3 Å². The molecule has 1 unspecified atom stereocenters. The Hall–Kier alpha value is -3.26. The first-order valence-electron chi connectivity index (χ1n) is 9.44. The Bertz CT molecular complexity index is 1090. The molecule has 1 aliphatic heterocycles. The minimum Gasteiger partial charge on any atom is -0.497 e. The average Bonchev–Trinajstić information content (AvgIpc) is 3.19. The molecule has 1 atom stereocenters. The van der Waals surface area contributed by atoms with Gasteiger partial charge in [-0.1, -0.05) is 54.2 Å². The molecule has 4 rings (SSSR count). The van der Waals surface area contributed by atoms with E-state index in [4.69, 9.17) is 14.6 Å². The van der Waals surface area contributed by atoms with Crippen LogP contribution in [0.4, 0.5) is 5.95 Å². The lowest BCUT2D eigenvalue weighted by Gasteiger charge is -2.28. The quantitative estimate of drug-likeness (QED) is 0.474. The van der Waals surface area contributed by atoms with E-state index < -0.39 is 12.0 Å². The van der Waals surface area contributed by atoms with Crippen molar-refractivity contribution in [1.29, 1.82) is 0 Å². The van der Waals surface area contributed by atoms with Crippen LogP contribution in [-0.4, -0.2) is 35.0 Å². The zero-order chi connectivity index (χ0) is 21.1. The second-order valence-electron chi connectivity index (χ2n) is 6.77. The van der Waals surface area contributed by atoms with Crippen molar-refractivity contribution in [3.05, 3.63) is 77.0 Å². The van der Waals surface area contributed by atoms with Gasteiger partial charge in [0.15, 0.2) is 0 Å². The SMILES string of the molecule is COC(=O)C1=C(C)Nc2nc(SCc3ccccc3)nn2C1c1cccc(OC)c1. The summed E-state index contributed by atoms with van der Waals surface area (Å²) >= 11 is 1.55. The van der Waals surface area contributed by atoms with Gasteiger partial charge in [-0.25, -0.2) is 9.48 Å². The van der Waals surface area contributed by atoms with E-state index in [2.05, 4.69) is 22.4 Å². The predicted octanol–water partition coefficient (Wildman–Crippen LogP) is 4.04. The van der Waals surface area contributed by atoms with Gasteiger partial charge in [-0.2, -0.15) is 4.98 Å². The number of nitrogens with one attached hydrogen (secondary N) is 1. The number of nitrogens with zero attached hydrogens (tertiary/aromatic N) is 3. The lowest BCUT2D eigenvalue weighted by atomic mass is 9.95. The monoisotopic (exact) mass is 422 g/mol. The van der Waals surface area contributed by atoms with Crippen molar-refractivity contribution >= 4 is 23.7 Å². The standard InChI is InChI=1S/C22H22N4O3S/c1-14-18(20(27)29-3)19(16-10-7-11-17(12-16)28-2)26-21(23-14)24-22(25-26)30-13-15-8-5-4-6-9-15/h4-12,19H,13H2,1-3H3,(H,23,24,25). The number of methoxy groups -OCH3 is 2. The number of ether oxygens (including phenoxy) is 2. The molecule has 0 fully saturated rings. The number of aromatic nitrogens is 3. The fourth-order valence-corrected chi connectivity index (χ4v) is 4.19. The van der Waals surface area contributed by atoms with Gasteiger partial charge < -0.3 is 14.8 Å².